The van der Waals surface area contributed by atoms with E-state index in [1.165, 1.54) is 5.69 Å². The smallest absolute Gasteiger partial charge is 0.189 e. The second kappa shape index (κ2) is 6.18. The molecule has 2 aromatic carbocycles. The van der Waals surface area contributed by atoms with Gasteiger partial charge in [0.15, 0.2) is 5.78 Å². The number of Topliss-reactive ketones (excluding diaryl/α,β-unsaturated/α-hetero) is 1. The molecule has 112 valence electrons. The second-order valence-corrected chi connectivity index (χ2v) is 5.60. The molecule has 0 heterocycles. The fourth-order valence-corrected chi connectivity index (χ4v) is 3.04. The zero-order chi connectivity index (χ0) is 15.5. The highest BCUT2D eigenvalue weighted by Gasteiger charge is 2.23. The molecular weight excluding hydrogens is 270 g/mol. The molecule has 0 saturated carbocycles. The van der Waals surface area contributed by atoms with Crippen molar-refractivity contribution in [2.75, 3.05) is 18.0 Å². The summed E-state index contributed by atoms with van der Waals surface area (Å²) < 4.78 is 0. The number of hydrogen-bond donors (Lipinski definition) is 0. The van der Waals surface area contributed by atoms with Gasteiger partial charge in [-0.1, -0.05) is 36.4 Å². The van der Waals surface area contributed by atoms with E-state index in [1.54, 1.807) is 0 Å². The van der Waals surface area contributed by atoms with E-state index in [0.29, 0.717) is 0 Å². The molecule has 0 aromatic heterocycles. The lowest BCUT2D eigenvalue weighted by molar-refractivity contribution is 0.104. The fourth-order valence-electron chi connectivity index (χ4n) is 3.04. The lowest BCUT2D eigenvalue weighted by Crippen LogP contribution is -2.21. The Morgan fingerprint density at radius 3 is 2.32 bits per heavy atom. The minimum absolute atomic E-state index is 0.170. The van der Waals surface area contributed by atoms with Crippen LogP contribution in [0.4, 0.5) is 5.69 Å². The van der Waals surface area contributed by atoms with Gasteiger partial charge in [-0.15, -0.1) is 0 Å². The van der Waals surface area contributed by atoms with Gasteiger partial charge >= 0.3 is 0 Å². The molecular formula is C20H21NO. The number of carbonyl (C=O) groups is 1. The highest BCUT2D eigenvalue weighted by Crippen LogP contribution is 2.27. The summed E-state index contributed by atoms with van der Waals surface area (Å²) in [5, 5.41) is 0. The number of benzene rings is 2. The molecule has 0 saturated heterocycles. The Balaban J connectivity index is 1.84. The molecule has 0 bridgehead atoms. The highest BCUT2D eigenvalue weighted by atomic mass is 16.1. The summed E-state index contributed by atoms with van der Waals surface area (Å²) in [4.78, 5) is 14.7. The van der Waals surface area contributed by atoms with E-state index >= 15 is 0 Å². The molecule has 2 nitrogen and oxygen atoms in total. The van der Waals surface area contributed by atoms with Gasteiger partial charge in [0.05, 0.1) is 0 Å². The number of nitrogens with zero attached hydrogens (tertiary/aromatic N) is 1. The van der Waals surface area contributed by atoms with Gasteiger partial charge in [-0.25, -0.2) is 0 Å². The maximum absolute atomic E-state index is 12.4. The third-order valence-corrected chi connectivity index (χ3v) is 4.30. The Bertz CT molecular complexity index is 709. The predicted octanol–water partition coefficient (Wildman–Crippen LogP) is 4.36. The van der Waals surface area contributed by atoms with Crippen LogP contribution in [-0.2, 0) is 6.42 Å². The van der Waals surface area contributed by atoms with E-state index in [-0.39, 0.29) is 5.78 Å². The van der Waals surface area contributed by atoms with Crippen molar-refractivity contribution in [3.8, 4) is 0 Å². The molecule has 0 atom stereocenters. The number of anilines is 1. The van der Waals surface area contributed by atoms with Crippen molar-refractivity contribution in [3.05, 3.63) is 70.8 Å². The molecule has 1 aliphatic rings. The van der Waals surface area contributed by atoms with Crippen molar-refractivity contribution in [1.29, 1.82) is 0 Å². The molecule has 0 unspecified atom stereocenters. The molecule has 1 aliphatic carbocycles. The van der Waals surface area contributed by atoms with Crippen molar-refractivity contribution < 1.29 is 4.79 Å². The van der Waals surface area contributed by atoms with Crippen LogP contribution in [0.25, 0.3) is 6.08 Å². The van der Waals surface area contributed by atoms with E-state index in [2.05, 4.69) is 43.0 Å². The third-order valence-electron chi connectivity index (χ3n) is 4.30. The first-order valence-electron chi connectivity index (χ1n) is 7.91. The Morgan fingerprint density at radius 2 is 1.68 bits per heavy atom. The van der Waals surface area contributed by atoms with Gasteiger partial charge in [-0.05, 0) is 43.2 Å². The van der Waals surface area contributed by atoms with Gasteiger partial charge in [0.25, 0.3) is 0 Å². The third kappa shape index (κ3) is 2.69. The Kier molecular flexibility index (Phi) is 4.10. The van der Waals surface area contributed by atoms with E-state index in [0.717, 1.165) is 41.8 Å². The van der Waals surface area contributed by atoms with Crippen LogP contribution in [0.1, 0.15) is 35.3 Å². The molecule has 0 N–H and O–H groups in total. The number of carbonyl (C=O) groups excluding carboxylic acids is 1. The van der Waals surface area contributed by atoms with Crippen LogP contribution in [-0.4, -0.2) is 18.9 Å². The summed E-state index contributed by atoms with van der Waals surface area (Å²) in [5.41, 5.74) is 5.20. The molecule has 22 heavy (non-hydrogen) atoms. The maximum Gasteiger partial charge on any atom is 0.189 e. The van der Waals surface area contributed by atoms with E-state index in [1.807, 2.05) is 30.3 Å². The topological polar surface area (TPSA) is 20.3 Å². The summed E-state index contributed by atoms with van der Waals surface area (Å²) in [5.74, 6) is 0.170. The van der Waals surface area contributed by atoms with Crippen molar-refractivity contribution in [1.82, 2.24) is 0 Å². The average molecular weight is 291 g/mol. The quantitative estimate of drug-likeness (QED) is 0.780. The van der Waals surface area contributed by atoms with Crippen LogP contribution in [0.2, 0.25) is 0 Å². The van der Waals surface area contributed by atoms with Crippen molar-refractivity contribution >= 4 is 17.5 Å². The minimum atomic E-state index is 0.170. The lowest BCUT2D eigenvalue weighted by Gasteiger charge is -2.20. The van der Waals surface area contributed by atoms with E-state index < -0.39 is 0 Å². The van der Waals surface area contributed by atoms with Crippen LogP contribution in [0.15, 0.2) is 54.1 Å². The zero-order valence-corrected chi connectivity index (χ0v) is 13.2. The lowest BCUT2D eigenvalue weighted by atomic mass is 10.1. The SMILES string of the molecule is CCN(CC)c1ccc(/C=C2\Cc3ccccc3C2=O)cc1. The number of hydrogen-bond acceptors (Lipinski definition) is 2. The van der Waals surface area contributed by atoms with Gasteiger partial charge in [0.1, 0.15) is 0 Å². The van der Waals surface area contributed by atoms with Crippen molar-refractivity contribution in [3.63, 3.8) is 0 Å². The van der Waals surface area contributed by atoms with Gasteiger partial charge in [-0.2, -0.15) is 0 Å². The van der Waals surface area contributed by atoms with Gasteiger partial charge in [-0.3, -0.25) is 4.79 Å². The maximum atomic E-state index is 12.4. The minimum Gasteiger partial charge on any atom is -0.372 e. The summed E-state index contributed by atoms with van der Waals surface area (Å²) in [6.07, 6.45) is 2.77. The standard InChI is InChI=1S/C20H21NO/c1-3-21(4-2)18-11-9-15(10-12-18)13-17-14-16-7-5-6-8-19(16)20(17)22/h5-13H,3-4,14H2,1-2H3/b17-13+. The average Bonchev–Trinajstić information content (AvgIpc) is 2.87. The van der Waals surface area contributed by atoms with Gasteiger partial charge in [0.2, 0.25) is 0 Å². The van der Waals surface area contributed by atoms with E-state index in [9.17, 15) is 4.79 Å². The Hall–Kier alpha value is -2.35. The molecule has 0 amide bonds. The fraction of sp³-hybridized carbons (Fsp3) is 0.250. The second-order valence-electron chi connectivity index (χ2n) is 5.60. The van der Waals surface area contributed by atoms with Crippen LogP contribution < -0.4 is 4.90 Å². The number of fused-ring (bicyclic) bond motifs is 1. The molecule has 2 heteroatoms. The molecule has 0 aliphatic heterocycles. The predicted molar refractivity (Wildman–Crippen MR) is 92.5 cm³/mol. The number of ketones is 1. The first kappa shape index (κ1) is 14.6. The molecule has 0 radical (unpaired) electrons. The monoisotopic (exact) mass is 291 g/mol. The molecule has 0 fully saturated rings. The van der Waals surface area contributed by atoms with Crippen LogP contribution in [0.3, 0.4) is 0 Å². The Morgan fingerprint density at radius 1 is 1.00 bits per heavy atom. The Labute approximate surface area is 132 Å². The van der Waals surface area contributed by atoms with Crippen LogP contribution in [0.5, 0.6) is 0 Å². The van der Waals surface area contributed by atoms with E-state index in [4.69, 9.17) is 0 Å². The summed E-state index contributed by atoms with van der Waals surface area (Å²) in [6.45, 7) is 6.33. The summed E-state index contributed by atoms with van der Waals surface area (Å²) in [6, 6.07) is 16.3. The first-order valence-corrected chi connectivity index (χ1v) is 7.91. The van der Waals surface area contributed by atoms with Crippen LogP contribution in [0, 0.1) is 0 Å². The zero-order valence-electron chi connectivity index (χ0n) is 13.2. The first-order chi connectivity index (χ1) is 10.7. The summed E-state index contributed by atoms with van der Waals surface area (Å²) in [7, 11) is 0. The normalized spacial score (nSPS) is 15.2. The van der Waals surface area contributed by atoms with Gasteiger partial charge < -0.3 is 4.90 Å². The number of rotatable bonds is 4. The molecule has 0 spiro atoms. The molecule has 3 rings (SSSR count). The number of allylic oxidation sites excluding steroid dienone is 1. The van der Waals surface area contributed by atoms with Crippen LogP contribution >= 0.6 is 0 Å². The highest BCUT2D eigenvalue weighted by molar-refractivity contribution is 6.15. The molecule has 2 aromatic rings. The summed E-state index contributed by atoms with van der Waals surface area (Å²) >= 11 is 0. The van der Waals surface area contributed by atoms with Gasteiger partial charge in [0, 0.05) is 36.3 Å². The van der Waals surface area contributed by atoms with Crippen molar-refractivity contribution in [2.24, 2.45) is 0 Å². The van der Waals surface area contributed by atoms with Crippen molar-refractivity contribution in [2.45, 2.75) is 20.3 Å². The largest absolute Gasteiger partial charge is 0.372 e.